The molecule has 0 fully saturated rings. The van der Waals surface area contributed by atoms with Crippen molar-refractivity contribution in [2.24, 2.45) is 0 Å². The van der Waals surface area contributed by atoms with Crippen LogP contribution < -0.4 is 4.90 Å². The molecule has 9 heteroatoms. The Morgan fingerprint density at radius 1 is 0.449 bits per heavy atom. The van der Waals surface area contributed by atoms with Gasteiger partial charge in [-0.15, -0.1) is 0 Å². The van der Waals surface area contributed by atoms with E-state index in [0.717, 1.165) is 26.4 Å². The first-order chi connectivity index (χ1) is 23.8. The fourth-order valence-corrected chi connectivity index (χ4v) is 5.70. The quantitative estimate of drug-likeness (QED) is 0.0946. The van der Waals surface area contributed by atoms with Gasteiger partial charge in [-0.1, -0.05) is 78.9 Å². The number of anilines is 1. The number of benzene rings is 6. The van der Waals surface area contributed by atoms with Gasteiger partial charge in [0.25, 0.3) is 11.8 Å². The van der Waals surface area contributed by atoms with Gasteiger partial charge in [0.05, 0.1) is 27.9 Å². The highest BCUT2D eigenvalue weighted by Crippen LogP contribution is 2.30. The molecule has 1 aliphatic rings. The number of Topliss-reactive ketones (excluding diaryl/α,β-unsaturated/α-hetero) is 2. The Kier molecular flexibility index (Phi) is 8.07. The Labute approximate surface area is 279 Å². The number of amides is 2. The van der Waals surface area contributed by atoms with Gasteiger partial charge in [-0.25, -0.2) is 14.5 Å². The van der Waals surface area contributed by atoms with Crippen molar-refractivity contribution in [3.8, 4) is 0 Å². The van der Waals surface area contributed by atoms with Crippen molar-refractivity contribution < 1.29 is 38.2 Å². The van der Waals surface area contributed by atoms with Gasteiger partial charge in [0, 0.05) is 11.1 Å². The fraction of sp³-hybridized carbons (Fsp3) is 0.0500. The third kappa shape index (κ3) is 6.08. The van der Waals surface area contributed by atoms with Gasteiger partial charge in [-0.05, 0) is 70.1 Å². The summed E-state index contributed by atoms with van der Waals surface area (Å²) in [5.41, 5.74) is 0.927. The Morgan fingerprint density at radius 2 is 0.939 bits per heavy atom. The second kappa shape index (κ2) is 12.8. The first kappa shape index (κ1) is 30.9. The zero-order valence-corrected chi connectivity index (χ0v) is 25.8. The van der Waals surface area contributed by atoms with Crippen LogP contribution >= 0.6 is 0 Å². The van der Waals surface area contributed by atoms with E-state index in [0.29, 0.717) is 11.1 Å². The van der Waals surface area contributed by atoms with Crippen LogP contribution in [0.2, 0.25) is 0 Å². The molecule has 0 saturated heterocycles. The molecule has 1 heterocycles. The molecule has 0 saturated carbocycles. The van der Waals surface area contributed by atoms with Crippen LogP contribution in [0.4, 0.5) is 5.69 Å². The van der Waals surface area contributed by atoms with E-state index >= 15 is 0 Å². The number of ether oxygens (including phenoxy) is 2. The van der Waals surface area contributed by atoms with Crippen LogP contribution in [0, 0.1) is 0 Å². The third-order valence-corrected chi connectivity index (χ3v) is 8.27. The molecule has 0 N–H and O–H groups in total. The Balaban J connectivity index is 1.01. The lowest BCUT2D eigenvalue weighted by molar-refractivity contribution is 0.0472. The molecule has 6 aromatic rings. The number of fused-ring (bicyclic) bond motifs is 3. The van der Waals surface area contributed by atoms with E-state index in [1.165, 1.54) is 42.5 Å². The van der Waals surface area contributed by atoms with Crippen LogP contribution in [0.5, 0.6) is 0 Å². The molecule has 238 valence electrons. The van der Waals surface area contributed by atoms with Gasteiger partial charge >= 0.3 is 11.9 Å². The number of ketones is 2. The van der Waals surface area contributed by atoms with Crippen molar-refractivity contribution in [2.45, 2.75) is 0 Å². The number of hydrogen-bond acceptors (Lipinski definition) is 8. The number of nitrogens with zero attached hydrogens (tertiary/aromatic N) is 1. The largest absolute Gasteiger partial charge is 0.454 e. The second-order valence-electron chi connectivity index (χ2n) is 11.4. The lowest BCUT2D eigenvalue weighted by atomic mass is 10.0. The molecule has 0 atom stereocenters. The van der Waals surface area contributed by atoms with Crippen LogP contribution in [-0.4, -0.2) is 48.5 Å². The first-order valence-corrected chi connectivity index (χ1v) is 15.3. The number of hydrogen-bond donors (Lipinski definition) is 0. The predicted octanol–water partition coefficient (Wildman–Crippen LogP) is 6.87. The molecule has 1 aliphatic heterocycles. The van der Waals surface area contributed by atoms with E-state index in [4.69, 9.17) is 9.47 Å². The van der Waals surface area contributed by atoms with E-state index in [9.17, 15) is 28.8 Å². The molecule has 9 nitrogen and oxygen atoms in total. The summed E-state index contributed by atoms with van der Waals surface area (Å²) < 4.78 is 10.5. The van der Waals surface area contributed by atoms with Gasteiger partial charge in [0.15, 0.2) is 24.8 Å². The van der Waals surface area contributed by atoms with Gasteiger partial charge < -0.3 is 9.47 Å². The highest BCUT2D eigenvalue weighted by molar-refractivity contribution is 6.34. The summed E-state index contributed by atoms with van der Waals surface area (Å²) in [6.07, 6.45) is 0. The molecule has 0 unspecified atom stereocenters. The van der Waals surface area contributed by atoms with E-state index in [2.05, 4.69) is 0 Å². The molecule has 6 aromatic carbocycles. The predicted molar refractivity (Wildman–Crippen MR) is 181 cm³/mol. The van der Waals surface area contributed by atoms with Gasteiger partial charge in [-0.3, -0.25) is 19.2 Å². The van der Waals surface area contributed by atoms with Gasteiger partial charge in [-0.2, -0.15) is 0 Å². The molecular weight excluding hydrogens is 622 g/mol. The van der Waals surface area contributed by atoms with E-state index in [1.807, 2.05) is 60.7 Å². The Hall–Kier alpha value is -6.74. The molecular formula is C40H25NO8. The van der Waals surface area contributed by atoms with Gasteiger partial charge in [0.2, 0.25) is 0 Å². The molecule has 0 aromatic heterocycles. The van der Waals surface area contributed by atoms with Crippen LogP contribution in [0.1, 0.15) is 62.1 Å². The topological polar surface area (TPSA) is 124 Å². The minimum atomic E-state index is -0.835. The SMILES string of the molecule is O=C(COC(=O)c1cccc(N2C(=O)c3ccc(C(=O)OCC(=O)c4ccc5ccccc5c4)cc3C2=O)c1)c1ccc2ccccc2c1. The number of imide groups is 1. The van der Waals surface area contributed by atoms with Crippen molar-refractivity contribution in [3.63, 3.8) is 0 Å². The lowest BCUT2D eigenvalue weighted by Crippen LogP contribution is -2.29. The highest BCUT2D eigenvalue weighted by atomic mass is 16.5. The normalized spacial score (nSPS) is 12.2. The maximum absolute atomic E-state index is 13.4. The van der Waals surface area contributed by atoms with Gasteiger partial charge in [0.1, 0.15) is 0 Å². The molecule has 0 spiro atoms. The highest BCUT2D eigenvalue weighted by Gasteiger charge is 2.37. The molecule has 0 bridgehead atoms. The summed E-state index contributed by atoms with van der Waals surface area (Å²) in [4.78, 5) is 78.8. The zero-order chi connectivity index (χ0) is 34.1. The van der Waals surface area contributed by atoms with E-state index < -0.39 is 42.7 Å². The average Bonchev–Trinajstić information content (AvgIpc) is 3.40. The minimum Gasteiger partial charge on any atom is -0.454 e. The van der Waals surface area contributed by atoms with E-state index in [1.54, 1.807) is 24.3 Å². The summed E-state index contributed by atoms with van der Waals surface area (Å²) in [6.45, 7) is -1.01. The smallest absolute Gasteiger partial charge is 0.338 e. The third-order valence-electron chi connectivity index (χ3n) is 8.27. The summed E-state index contributed by atoms with van der Waals surface area (Å²) in [7, 11) is 0. The number of carbonyl (C=O) groups excluding carboxylic acids is 6. The average molecular weight is 648 g/mol. The zero-order valence-electron chi connectivity index (χ0n) is 25.8. The number of rotatable bonds is 9. The first-order valence-electron chi connectivity index (χ1n) is 15.3. The second-order valence-corrected chi connectivity index (χ2v) is 11.4. The molecule has 49 heavy (non-hydrogen) atoms. The summed E-state index contributed by atoms with van der Waals surface area (Å²) in [5.74, 6) is -3.78. The van der Waals surface area contributed by atoms with Crippen molar-refractivity contribution in [2.75, 3.05) is 18.1 Å². The minimum absolute atomic E-state index is 0.0125. The van der Waals surface area contributed by atoms with Crippen LogP contribution in [0.3, 0.4) is 0 Å². The monoisotopic (exact) mass is 647 g/mol. The van der Waals surface area contributed by atoms with Crippen molar-refractivity contribution in [1.82, 2.24) is 0 Å². The van der Waals surface area contributed by atoms with E-state index in [-0.39, 0.29) is 33.7 Å². The maximum atomic E-state index is 13.4. The molecule has 0 aliphatic carbocycles. The number of carbonyl (C=O) groups is 6. The van der Waals surface area contributed by atoms with Crippen molar-refractivity contribution in [3.05, 3.63) is 161 Å². The summed E-state index contributed by atoms with van der Waals surface area (Å²) >= 11 is 0. The van der Waals surface area contributed by atoms with Crippen molar-refractivity contribution >= 4 is 62.6 Å². The Bertz CT molecular complexity index is 2380. The molecule has 0 radical (unpaired) electrons. The standard InChI is InChI=1S/C40H25NO8/c42-35(28-14-12-24-6-1-3-8-26(24)18-28)22-48-39(46)30-10-5-11-32(20-30)41-37(44)33-17-16-31(21-34(33)38(41)45)40(47)49-23-36(43)29-15-13-25-7-2-4-9-27(25)19-29/h1-21H,22-23H2. The molecule has 7 rings (SSSR count). The van der Waals surface area contributed by atoms with Crippen LogP contribution in [0.25, 0.3) is 21.5 Å². The lowest BCUT2D eigenvalue weighted by Gasteiger charge is -2.14. The maximum Gasteiger partial charge on any atom is 0.338 e. The fourth-order valence-electron chi connectivity index (χ4n) is 5.70. The summed E-state index contributed by atoms with van der Waals surface area (Å²) in [6, 6.07) is 35.2. The van der Waals surface area contributed by atoms with Crippen molar-refractivity contribution in [1.29, 1.82) is 0 Å². The summed E-state index contributed by atoms with van der Waals surface area (Å²) in [5, 5.41) is 3.70. The number of esters is 2. The van der Waals surface area contributed by atoms with Crippen LogP contribution in [0.15, 0.2) is 127 Å². The molecule has 2 amide bonds. The van der Waals surface area contributed by atoms with Crippen LogP contribution in [-0.2, 0) is 9.47 Å². The Morgan fingerprint density at radius 3 is 1.51 bits per heavy atom.